The van der Waals surface area contributed by atoms with Gasteiger partial charge in [-0.15, -0.1) is 0 Å². The van der Waals surface area contributed by atoms with Crippen LogP contribution in [0.15, 0.2) is 69.1 Å². The molecular formula is C22H15BrN6O6. The molecule has 35 heavy (non-hydrogen) atoms. The molecule has 4 rings (SSSR count). The van der Waals surface area contributed by atoms with Crippen molar-refractivity contribution in [1.82, 2.24) is 14.6 Å². The number of para-hydroxylation sites is 1. The van der Waals surface area contributed by atoms with E-state index in [1.807, 2.05) is 6.92 Å². The first-order chi connectivity index (χ1) is 16.8. The Morgan fingerprint density at radius 2 is 1.94 bits per heavy atom. The number of nitro benzene ring substituents is 1. The Kier molecular flexibility index (Phi) is 6.59. The van der Waals surface area contributed by atoms with Gasteiger partial charge in [0.1, 0.15) is 12.0 Å². The summed E-state index contributed by atoms with van der Waals surface area (Å²) in [6, 6.07) is 11.7. The highest BCUT2D eigenvalue weighted by atomic mass is 79.9. The van der Waals surface area contributed by atoms with Crippen molar-refractivity contribution in [2.24, 2.45) is 5.10 Å². The number of aromatic nitrogens is 3. The second-order valence-corrected chi connectivity index (χ2v) is 7.99. The van der Waals surface area contributed by atoms with Crippen molar-refractivity contribution in [2.45, 2.75) is 13.3 Å². The van der Waals surface area contributed by atoms with Gasteiger partial charge in [-0.1, -0.05) is 28.9 Å². The molecule has 2 heterocycles. The quantitative estimate of drug-likeness (QED) is 0.187. The molecule has 0 saturated carbocycles. The second-order valence-electron chi connectivity index (χ2n) is 7.07. The summed E-state index contributed by atoms with van der Waals surface area (Å²) >= 11 is 3.34. The van der Waals surface area contributed by atoms with Crippen molar-refractivity contribution in [3.05, 3.63) is 101 Å². The molecule has 0 fully saturated rings. The zero-order valence-corrected chi connectivity index (χ0v) is 19.6. The molecule has 2 aromatic heterocycles. The van der Waals surface area contributed by atoms with E-state index < -0.39 is 15.4 Å². The molecule has 176 valence electrons. The highest BCUT2D eigenvalue weighted by Crippen LogP contribution is 2.33. The fourth-order valence-electron chi connectivity index (χ4n) is 3.21. The number of pyridine rings is 1. The summed E-state index contributed by atoms with van der Waals surface area (Å²) in [4.78, 5) is 42.6. The molecule has 12 nitrogen and oxygen atoms in total. The van der Waals surface area contributed by atoms with Crippen LogP contribution in [-0.4, -0.2) is 30.7 Å². The monoisotopic (exact) mass is 538 g/mol. The molecule has 0 N–H and O–H groups in total. The minimum absolute atomic E-state index is 0.0943. The largest absolute Gasteiger partial charge is 0.431 e. The van der Waals surface area contributed by atoms with Crippen LogP contribution in [0, 0.1) is 20.2 Å². The van der Waals surface area contributed by atoms with Gasteiger partial charge in [0, 0.05) is 34.7 Å². The lowest BCUT2D eigenvalue weighted by Crippen LogP contribution is -2.22. The Morgan fingerprint density at radius 1 is 1.14 bits per heavy atom. The fourth-order valence-corrected chi connectivity index (χ4v) is 3.57. The second kappa shape index (κ2) is 9.77. The number of hydrogen-bond acceptors (Lipinski definition) is 9. The van der Waals surface area contributed by atoms with E-state index in [4.69, 9.17) is 4.74 Å². The molecule has 0 amide bonds. The van der Waals surface area contributed by atoms with E-state index in [-0.39, 0.29) is 28.6 Å². The molecule has 0 unspecified atom stereocenters. The predicted molar refractivity (Wildman–Crippen MR) is 130 cm³/mol. The maximum absolute atomic E-state index is 13.1. The Morgan fingerprint density at radius 3 is 2.60 bits per heavy atom. The van der Waals surface area contributed by atoms with E-state index in [1.54, 1.807) is 18.2 Å². The van der Waals surface area contributed by atoms with E-state index in [0.29, 0.717) is 27.6 Å². The van der Waals surface area contributed by atoms with E-state index >= 15 is 0 Å². The standard InChI is InChI=1S/C22H15BrN6O6/c1-2-19-26-17-8-6-14(23)10-16(17)22(30)27(19)25-11-13-4-3-5-18(29(33)34)21(13)35-20-9-7-15(12-24-20)28(31)32/h3-12H,2H2,1H3. The molecule has 0 aliphatic heterocycles. The van der Waals surface area contributed by atoms with Crippen LogP contribution in [0.25, 0.3) is 10.9 Å². The van der Waals surface area contributed by atoms with Crippen LogP contribution in [0.4, 0.5) is 11.4 Å². The van der Waals surface area contributed by atoms with Crippen molar-refractivity contribution in [3.8, 4) is 11.6 Å². The molecule has 0 atom stereocenters. The third-order valence-corrected chi connectivity index (χ3v) is 5.36. The van der Waals surface area contributed by atoms with Crippen molar-refractivity contribution in [2.75, 3.05) is 0 Å². The summed E-state index contributed by atoms with van der Waals surface area (Å²) in [7, 11) is 0. The number of halogens is 1. The van der Waals surface area contributed by atoms with Crippen LogP contribution in [0.5, 0.6) is 11.6 Å². The average Bonchev–Trinajstić information content (AvgIpc) is 2.84. The minimum atomic E-state index is -0.642. The van der Waals surface area contributed by atoms with Crippen LogP contribution < -0.4 is 10.3 Å². The molecule has 0 saturated heterocycles. The van der Waals surface area contributed by atoms with Gasteiger partial charge in [-0.3, -0.25) is 25.0 Å². The number of aryl methyl sites for hydroxylation is 1. The van der Waals surface area contributed by atoms with Crippen LogP contribution in [0.1, 0.15) is 18.3 Å². The van der Waals surface area contributed by atoms with Crippen molar-refractivity contribution in [1.29, 1.82) is 0 Å². The van der Waals surface area contributed by atoms with Gasteiger partial charge in [-0.2, -0.15) is 9.78 Å². The normalized spacial score (nSPS) is 11.1. The highest BCUT2D eigenvalue weighted by Gasteiger charge is 2.20. The number of benzene rings is 2. The number of nitro groups is 2. The molecule has 0 bridgehead atoms. The summed E-state index contributed by atoms with van der Waals surface area (Å²) < 4.78 is 7.45. The predicted octanol–water partition coefficient (Wildman–Crippen LogP) is 4.61. The Balaban J connectivity index is 1.80. The highest BCUT2D eigenvalue weighted by molar-refractivity contribution is 9.10. The number of nitrogens with zero attached hydrogens (tertiary/aromatic N) is 6. The molecule has 0 radical (unpaired) electrons. The van der Waals surface area contributed by atoms with Gasteiger partial charge in [-0.05, 0) is 24.3 Å². The van der Waals surface area contributed by atoms with Crippen molar-refractivity contribution >= 4 is 44.4 Å². The Labute approximate surface area is 205 Å². The first-order valence-corrected chi connectivity index (χ1v) is 10.9. The first-order valence-electron chi connectivity index (χ1n) is 10.1. The lowest BCUT2D eigenvalue weighted by atomic mass is 10.2. The number of ether oxygens (including phenoxy) is 1. The lowest BCUT2D eigenvalue weighted by molar-refractivity contribution is -0.385. The van der Waals surface area contributed by atoms with E-state index in [2.05, 4.69) is 31.0 Å². The number of hydrogen-bond donors (Lipinski definition) is 0. The van der Waals surface area contributed by atoms with E-state index in [1.165, 1.54) is 30.5 Å². The van der Waals surface area contributed by atoms with Crippen LogP contribution in [-0.2, 0) is 6.42 Å². The van der Waals surface area contributed by atoms with Crippen molar-refractivity contribution < 1.29 is 14.6 Å². The summed E-state index contributed by atoms with van der Waals surface area (Å²) in [5.74, 6) is 0.111. The third kappa shape index (κ3) is 4.89. The average molecular weight is 539 g/mol. The number of rotatable bonds is 7. The van der Waals surface area contributed by atoms with Gasteiger partial charge in [0.05, 0.1) is 27.0 Å². The van der Waals surface area contributed by atoms with Gasteiger partial charge in [0.2, 0.25) is 11.6 Å². The molecule has 13 heteroatoms. The van der Waals surface area contributed by atoms with Gasteiger partial charge in [0.25, 0.3) is 11.2 Å². The van der Waals surface area contributed by atoms with Gasteiger partial charge in [0.15, 0.2) is 0 Å². The number of fused-ring (bicyclic) bond motifs is 1. The maximum Gasteiger partial charge on any atom is 0.312 e. The molecule has 4 aromatic rings. The summed E-state index contributed by atoms with van der Waals surface area (Å²) in [5, 5.41) is 27.1. The third-order valence-electron chi connectivity index (χ3n) is 4.86. The molecule has 0 aliphatic rings. The van der Waals surface area contributed by atoms with Crippen molar-refractivity contribution in [3.63, 3.8) is 0 Å². The smallest absolute Gasteiger partial charge is 0.312 e. The zero-order valence-electron chi connectivity index (χ0n) is 18.0. The van der Waals surface area contributed by atoms with E-state index in [9.17, 15) is 25.0 Å². The molecule has 2 aromatic carbocycles. The zero-order chi connectivity index (χ0) is 25.1. The molecule has 0 aliphatic carbocycles. The maximum atomic E-state index is 13.1. The van der Waals surface area contributed by atoms with Gasteiger partial charge >= 0.3 is 5.69 Å². The van der Waals surface area contributed by atoms with Gasteiger partial charge in [-0.25, -0.2) is 9.97 Å². The van der Waals surface area contributed by atoms with E-state index in [0.717, 1.165) is 16.9 Å². The SMILES string of the molecule is CCc1nc2ccc(Br)cc2c(=O)n1N=Cc1cccc([N+](=O)[O-])c1Oc1ccc([N+](=O)[O-])cn1. The van der Waals surface area contributed by atoms with Crippen LogP contribution >= 0.6 is 15.9 Å². The summed E-state index contributed by atoms with van der Waals surface area (Å²) in [6.07, 6.45) is 2.63. The Hall–Kier alpha value is -4.52. The van der Waals surface area contributed by atoms with Crippen LogP contribution in [0.2, 0.25) is 0 Å². The van der Waals surface area contributed by atoms with Gasteiger partial charge < -0.3 is 4.74 Å². The topological polar surface area (TPSA) is 156 Å². The lowest BCUT2D eigenvalue weighted by Gasteiger charge is -2.10. The minimum Gasteiger partial charge on any atom is -0.431 e. The summed E-state index contributed by atoms with van der Waals surface area (Å²) in [5.41, 5.74) is -0.344. The molecule has 0 spiro atoms. The first kappa shape index (κ1) is 23.6. The fraction of sp³-hybridized carbons (Fsp3) is 0.0909. The molecular weight excluding hydrogens is 524 g/mol. The summed E-state index contributed by atoms with van der Waals surface area (Å²) in [6.45, 7) is 1.82. The Bertz CT molecular complexity index is 1550. The van der Waals surface area contributed by atoms with Crippen LogP contribution in [0.3, 0.4) is 0 Å².